The normalized spacial score (nSPS) is 10.6. The maximum atomic E-state index is 12.8. The van der Waals surface area contributed by atoms with Crippen LogP contribution in [0, 0.1) is 0 Å². The molecule has 24 heavy (non-hydrogen) atoms. The van der Waals surface area contributed by atoms with Gasteiger partial charge in [-0.3, -0.25) is 4.79 Å². The third-order valence-corrected chi connectivity index (χ3v) is 3.55. The van der Waals surface area contributed by atoms with Crippen molar-refractivity contribution in [3.05, 3.63) is 65.2 Å². The Bertz CT molecular complexity index is 846. The topological polar surface area (TPSA) is 57.0 Å². The Hall–Kier alpha value is -2.66. The van der Waals surface area contributed by atoms with Gasteiger partial charge in [0.15, 0.2) is 5.82 Å². The Labute approximate surface area is 144 Å². The molecule has 0 fully saturated rings. The van der Waals surface area contributed by atoms with Crippen LogP contribution in [0.1, 0.15) is 23.7 Å². The van der Waals surface area contributed by atoms with E-state index in [2.05, 4.69) is 10.1 Å². The number of benzene rings is 2. The molecule has 0 saturated carbocycles. The maximum Gasteiger partial charge on any atom is 0.336 e. The van der Waals surface area contributed by atoms with Crippen LogP contribution in [0.25, 0.3) is 11.4 Å². The number of rotatable bonds is 5. The summed E-state index contributed by atoms with van der Waals surface area (Å²) in [4.78, 5) is 17.1. The van der Waals surface area contributed by atoms with Gasteiger partial charge in [0.1, 0.15) is 0 Å². The first kappa shape index (κ1) is 16.2. The average molecular weight is 342 g/mol. The largest absolute Gasteiger partial charge is 0.462 e. The van der Waals surface area contributed by atoms with E-state index in [1.54, 1.807) is 42.5 Å². The molecule has 0 N–H and O–H groups in total. The second-order valence-electron chi connectivity index (χ2n) is 5.16. The molecule has 0 saturated heterocycles. The van der Waals surface area contributed by atoms with Crippen LogP contribution < -0.4 is 4.74 Å². The zero-order chi connectivity index (χ0) is 16.9. The van der Waals surface area contributed by atoms with Crippen molar-refractivity contribution >= 4 is 17.5 Å². The third-order valence-electron chi connectivity index (χ3n) is 3.32. The van der Waals surface area contributed by atoms with Crippen LogP contribution in [-0.2, 0) is 0 Å². The van der Waals surface area contributed by atoms with E-state index in [-0.39, 0.29) is 11.9 Å². The maximum absolute atomic E-state index is 12.8. The van der Waals surface area contributed by atoms with Gasteiger partial charge in [-0.2, -0.15) is 9.67 Å². The molecule has 6 heteroatoms. The summed E-state index contributed by atoms with van der Waals surface area (Å²) >= 11 is 6.06. The molecule has 0 spiro atoms. The molecule has 0 bridgehead atoms. The van der Waals surface area contributed by atoms with Gasteiger partial charge in [-0.15, -0.1) is 5.10 Å². The van der Waals surface area contributed by atoms with E-state index in [4.69, 9.17) is 16.3 Å². The number of ether oxygens (including phenoxy) is 1. The zero-order valence-corrected chi connectivity index (χ0v) is 13.9. The summed E-state index contributed by atoms with van der Waals surface area (Å²) in [5, 5.41) is 4.78. The Morgan fingerprint density at radius 1 is 1.17 bits per heavy atom. The van der Waals surface area contributed by atoms with E-state index in [1.165, 1.54) is 4.68 Å². The second kappa shape index (κ2) is 7.27. The van der Waals surface area contributed by atoms with Crippen LogP contribution in [0.4, 0.5) is 0 Å². The first-order valence-electron chi connectivity index (χ1n) is 7.64. The van der Waals surface area contributed by atoms with E-state index in [9.17, 15) is 4.79 Å². The fourth-order valence-corrected chi connectivity index (χ4v) is 2.40. The van der Waals surface area contributed by atoms with Gasteiger partial charge in [-0.25, -0.2) is 0 Å². The van der Waals surface area contributed by atoms with Gasteiger partial charge in [-0.05, 0) is 30.7 Å². The monoisotopic (exact) mass is 341 g/mol. The minimum absolute atomic E-state index is 0.177. The quantitative estimate of drug-likeness (QED) is 0.701. The van der Waals surface area contributed by atoms with E-state index < -0.39 is 0 Å². The molecule has 0 aliphatic rings. The summed E-state index contributed by atoms with van der Waals surface area (Å²) in [5.41, 5.74) is 1.22. The van der Waals surface area contributed by atoms with Gasteiger partial charge in [0.05, 0.1) is 6.61 Å². The van der Waals surface area contributed by atoms with E-state index >= 15 is 0 Å². The van der Waals surface area contributed by atoms with Crippen molar-refractivity contribution < 1.29 is 9.53 Å². The molecule has 0 radical (unpaired) electrons. The molecular formula is C18H16ClN3O2. The average Bonchev–Trinajstić information content (AvgIpc) is 3.04. The minimum Gasteiger partial charge on any atom is -0.462 e. The Morgan fingerprint density at radius 2 is 1.96 bits per heavy atom. The van der Waals surface area contributed by atoms with E-state index in [1.807, 2.05) is 19.1 Å². The number of carbonyl (C=O) groups excluding carboxylic acids is 1. The lowest BCUT2D eigenvalue weighted by Crippen LogP contribution is -2.15. The zero-order valence-electron chi connectivity index (χ0n) is 13.1. The highest BCUT2D eigenvalue weighted by atomic mass is 35.5. The standard InChI is InChI=1S/C18H16ClN3O2/c1-2-11-24-18-20-16(14-9-6-10-15(19)12-14)22(21-18)17(23)13-7-4-3-5-8-13/h3-10,12H,2,11H2,1H3. The lowest BCUT2D eigenvalue weighted by atomic mass is 10.2. The van der Waals surface area contributed by atoms with Crippen molar-refractivity contribution in [2.24, 2.45) is 0 Å². The Kier molecular flexibility index (Phi) is 4.91. The van der Waals surface area contributed by atoms with Gasteiger partial charge in [0, 0.05) is 16.1 Å². The second-order valence-corrected chi connectivity index (χ2v) is 5.60. The Balaban J connectivity index is 2.06. The fraction of sp³-hybridized carbons (Fsp3) is 0.167. The number of hydrogen-bond donors (Lipinski definition) is 0. The van der Waals surface area contributed by atoms with Crippen molar-refractivity contribution in [1.82, 2.24) is 14.8 Å². The van der Waals surface area contributed by atoms with Crippen LogP contribution >= 0.6 is 11.6 Å². The number of halogens is 1. The molecule has 0 amide bonds. The molecule has 1 heterocycles. The molecule has 2 aromatic carbocycles. The van der Waals surface area contributed by atoms with Crippen molar-refractivity contribution in [2.75, 3.05) is 6.61 Å². The van der Waals surface area contributed by atoms with Gasteiger partial charge < -0.3 is 4.74 Å². The summed E-state index contributed by atoms with van der Waals surface area (Å²) in [6.07, 6.45) is 0.827. The number of nitrogens with zero attached hydrogens (tertiary/aromatic N) is 3. The molecule has 5 nitrogen and oxygen atoms in total. The van der Waals surface area contributed by atoms with E-state index in [0.29, 0.717) is 28.6 Å². The number of hydrogen-bond acceptors (Lipinski definition) is 4. The summed E-state index contributed by atoms with van der Waals surface area (Å²) in [6.45, 7) is 2.47. The van der Waals surface area contributed by atoms with Crippen LogP contribution in [0.2, 0.25) is 5.02 Å². The molecule has 122 valence electrons. The summed E-state index contributed by atoms with van der Waals surface area (Å²) in [6, 6.07) is 16.2. The minimum atomic E-state index is -0.274. The SMILES string of the molecule is CCCOc1nc(-c2cccc(Cl)c2)n(C(=O)c2ccccc2)n1. The smallest absolute Gasteiger partial charge is 0.336 e. The van der Waals surface area contributed by atoms with Gasteiger partial charge in [-0.1, -0.05) is 48.9 Å². The van der Waals surface area contributed by atoms with Crippen LogP contribution in [0.15, 0.2) is 54.6 Å². The van der Waals surface area contributed by atoms with Gasteiger partial charge in [0.2, 0.25) is 0 Å². The van der Waals surface area contributed by atoms with Crippen LogP contribution in [0.3, 0.4) is 0 Å². The van der Waals surface area contributed by atoms with Crippen molar-refractivity contribution in [1.29, 1.82) is 0 Å². The molecule has 0 aliphatic carbocycles. The summed E-state index contributed by atoms with van der Waals surface area (Å²) < 4.78 is 6.74. The predicted octanol–water partition coefficient (Wildman–Crippen LogP) is 4.08. The molecule has 1 aromatic heterocycles. The summed E-state index contributed by atoms with van der Waals surface area (Å²) in [7, 11) is 0. The van der Waals surface area contributed by atoms with Crippen molar-refractivity contribution in [3.8, 4) is 17.4 Å². The lowest BCUT2D eigenvalue weighted by Gasteiger charge is -2.04. The van der Waals surface area contributed by atoms with Crippen LogP contribution in [-0.4, -0.2) is 27.3 Å². The van der Waals surface area contributed by atoms with Crippen molar-refractivity contribution in [2.45, 2.75) is 13.3 Å². The lowest BCUT2D eigenvalue weighted by molar-refractivity contribution is 0.0944. The van der Waals surface area contributed by atoms with Crippen molar-refractivity contribution in [3.63, 3.8) is 0 Å². The molecule has 3 aromatic rings. The number of aromatic nitrogens is 3. The molecule has 3 rings (SSSR count). The molecule has 0 unspecified atom stereocenters. The third kappa shape index (κ3) is 3.46. The van der Waals surface area contributed by atoms with Crippen LogP contribution in [0.5, 0.6) is 6.01 Å². The highest BCUT2D eigenvalue weighted by Crippen LogP contribution is 2.24. The first-order valence-corrected chi connectivity index (χ1v) is 8.02. The predicted molar refractivity (Wildman–Crippen MR) is 92.4 cm³/mol. The van der Waals surface area contributed by atoms with E-state index in [0.717, 1.165) is 6.42 Å². The molecule has 0 aliphatic heterocycles. The first-order chi connectivity index (χ1) is 11.7. The van der Waals surface area contributed by atoms with Gasteiger partial charge >= 0.3 is 6.01 Å². The summed E-state index contributed by atoms with van der Waals surface area (Å²) in [5.74, 6) is 0.127. The number of carbonyl (C=O) groups is 1. The fourth-order valence-electron chi connectivity index (χ4n) is 2.21. The van der Waals surface area contributed by atoms with Gasteiger partial charge in [0.25, 0.3) is 5.91 Å². The molecule has 0 atom stereocenters. The highest BCUT2D eigenvalue weighted by Gasteiger charge is 2.20. The highest BCUT2D eigenvalue weighted by molar-refractivity contribution is 6.30. The molecular weight excluding hydrogens is 326 g/mol. The Morgan fingerprint density at radius 3 is 2.67 bits per heavy atom.